The fourth-order valence-corrected chi connectivity index (χ4v) is 35.8. The molecule has 5 aliphatic rings. The second kappa shape index (κ2) is 32.0. The van der Waals surface area contributed by atoms with Crippen LogP contribution >= 0.6 is 11.3 Å². The van der Waals surface area contributed by atoms with E-state index >= 15 is 0 Å². The summed E-state index contributed by atoms with van der Waals surface area (Å²) in [7, 11) is -6.04. The van der Waals surface area contributed by atoms with E-state index in [1.165, 1.54) is 178 Å². The van der Waals surface area contributed by atoms with E-state index in [4.69, 9.17) is 29.9 Å². The van der Waals surface area contributed by atoms with Crippen molar-refractivity contribution >= 4 is 152 Å². The van der Waals surface area contributed by atoms with Crippen LogP contribution in [0.15, 0.2) is 419 Å². The molecule has 0 spiro atoms. The van der Waals surface area contributed by atoms with Crippen LogP contribution in [0, 0.1) is 0 Å². The fourth-order valence-electron chi connectivity index (χ4n) is 25.0. The first kappa shape index (κ1) is 84.5. The van der Waals surface area contributed by atoms with Gasteiger partial charge < -0.3 is 13.7 Å². The van der Waals surface area contributed by atoms with Crippen LogP contribution in [0.1, 0.15) is 36.1 Å². The first-order valence-corrected chi connectivity index (χ1v) is 59.5. The lowest BCUT2D eigenvalue weighted by atomic mass is 9.82. The van der Waals surface area contributed by atoms with Crippen LogP contribution in [-0.4, -0.2) is 67.8 Å². The molecule has 0 saturated heterocycles. The molecule has 9 nitrogen and oxygen atoms in total. The molecule has 0 bridgehead atoms. The maximum atomic E-state index is 5.41. The molecular formula is C130H95N9SSi3. The van der Waals surface area contributed by atoms with Gasteiger partial charge in [-0.05, 0) is 166 Å². The van der Waals surface area contributed by atoms with E-state index in [0.717, 1.165) is 109 Å². The fraction of sp³-hybridized carbons (Fsp3) is 0.0769. The predicted octanol–water partition coefficient (Wildman–Crippen LogP) is 29.4. The van der Waals surface area contributed by atoms with Gasteiger partial charge in [-0.1, -0.05) is 393 Å². The zero-order chi connectivity index (χ0) is 95.6. The smallest absolute Gasteiger partial charge is 0.160 e. The number of hydrogen-bond donors (Lipinski definition) is 0. The van der Waals surface area contributed by atoms with Gasteiger partial charge >= 0.3 is 0 Å². The minimum atomic E-state index is -2.02. The van der Waals surface area contributed by atoms with Crippen LogP contribution in [0.3, 0.4) is 0 Å². The number of thiophene rings is 1. The number of rotatable bonds is 9. The first-order valence-electron chi connectivity index (χ1n) is 49.7. The van der Waals surface area contributed by atoms with E-state index < -0.39 is 24.2 Å². The van der Waals surface area contributed by atoms with Gasteiger partial charge in [0.25, 0.3) is 0 Å². The van der Waals surface area contributed by atoms with Gasteiger partial charge in [0.2, 0.25) is 0 Å². The topological polar surface area (TPSA) is 92.1 Å². The lowest BCUT2D eigenvalue weighted by Crippen LogP contribution is -2.50. The number of fused-ring (bicyclic) bond motifs is 30. The van der Waals surface area contributed by atoms with E-state index in [1.54, 1.807) is 0 Å². The van der Waals surface area contributed by atoms with Crippen LogP contribution in [0.25, 0.3) is 227 Å². The van der Waals surface area contributed by atoms with Crippen molar-refractivity contribution in [3.05, 3.63) is 441 Å². The zero-order valence-electron chi connectivity index (χ0n) is 80.5. The van der Waals surface area contributed by atoms with Crippen LogP contribution in [0.5, 0.6) is 0 Å². The van der Waals surface area contributed by atoms with Gasteiger partial charge in [-0.2, -0.15) is 0 Å². The van der Waals surface area contributed by atoms with Crippen molar-refractivity contribution in [1.82, 2.24) is 43.6 Å². The molecule has 10 heterocycles. The third-order valence-electron chi connectivity index (χ3n) is 31.6. The molecule has 3 aliphatic heterocycles. The molecule has 143 heavy (non-hydrogen) atoms. The van der Waals surface area contributed by atoms with Crippen LogP contribution < -0.4 is 31.1 Å². The molecule has 30 rings (SSSR count). The summed E-state index contributed by atoms with van der Waals surface area (Å²) in [6, 6.07) is 152. The summed E-state index contributed by atoms with van der Waals surface area (Å²) in [6.07, 6.45) is 0.968. The highest BCUT2D eigenvalue weighted by molar-refractivity contribution is 7.26. The Hall–Kier alpha value is -16.5. The minimum absolute atomic E-state index is 0.0668. The predicted molar refractivity (Wildman–Crippen MR) is 607 cm³/mol. The lowest BCUT2D eigenvalue weighted by molar-refractivity contribution is 0.661. The molecule has 0 saturated carbocycles. The average molecular weight is 1900 g/mol. The van der Waals surface area contributed by atoms with E-state index in [2.05, 4.69) is 485 Å². The van der Waals surface area contributed by atoms with E-state index in [-0.39, 0.29) is 5.41 Å². The molecule has 7 aromatic heterocycles. The Morgan fingerprint density at radius 1 is 0.245 bits per heavy atom. The van der Waals surface area contributed by atoms with Gasteiger partial charge in [0, 0.05) is 119 Å². The molecule has 0 unspecified atom stereocenters. The van der Waals surface area contributed by atoms with E-state index in [0.29, 0.717) is 0 Å². The van der Waals surface area contributed by atoms with E-state index in [9.17, 15) is 0 Å². The van der Waals surface area contributed by atoms with E-state index in [1.807, 2.05) is 11.3 Å². The Bertz CT molecular complexity index is 9710. The Balaban J connectivity index is 0.000000105. The monoisotopic (exact) mass is 1900 g/mol. The average Bonchev–Trinajstić information content (AvgIpc) is 1.53. The van der Waals surface area contributed by atoms with Crippen LogP contribution in [0.2, 0.25) is 39.3 Å². The second-order valence-electron chi connectivity index (χ2n) is 41.0. The molecule has 0 amide bonds. The summed E-state index contributed by atoms with van der Waals surface area (Å²) in [5, 5.41) is 18.6. The van der Waals surface area contributed by atoms with Crippen molar-refractivity contribution in [3.8, 4) is 141 Å². The second-order valence-corrected chi connectivity index (χ2v) is 54.9. The van der Waals surface area contributed by atoms with Gasteiger partial charge in [-0.3, -0.25) is 0 Å². The summed E-state index contributed by atoms with van der Waals surface area (Å²) in [5.41, 5.74) is 38.4. The highest BCUT2D eigenvalue weighted by atomic mass is 32.1. The summed E-state index contributed by atoms with van der Waals surface area (Å²) < 4.78 is 10.00. The Kier molecular flexibility index (Phi) is 18.9. The van der Waals surface area contributed by atoms with Crippen LogP contribution in [-0.2, 0) is 11.8 Å². The molecule has 0 radical (unpaired) electrons. The molecule has 678 valence electrons. The lowest BCUT2D eigenvalue weighted by Gasteiger charge is -2.21. The number of benzene rings is 18. The van der Waals surface area contributed by atoms with Crippen LogP contribution in [0.4, 0.5) is 0 Å². The zero-order valence-corrected chi connectivity index (χ0v) is 84.3. The maximum Gasteiger partial charge on any atom is 0.160 e. The van der Waals surface area contributed by atoms with Crippen molar-refractivity contribution in [3.63, 3.8) is 0 Å². The quantitative estimate of drug-likeness (QED) is 0.134. The normalized spacial score (nSPS) is 14.1. The number of para-hydroxylation sites is 3. The third-order valence-corrected chi connectivity index (χ3v) is 43.2. The highest BCUT2D eigenvalue weighted by Crippen LogP contribution is 2.55. The van der Waals surface area contributed by atoms with Gasteiger partial charge in [-0.25, -0.2) is 29.9 Å². The summed E-state index contributed by atoms with van der Waals surface area (Å²) in [5.74, 6) is 2.30. The highest BCUT2D eigenvalue weighted by Gasteiger charge is 2.46. The number of nitrogens with zero attached hydrogens (tertiary/aromatic N) is 9. The molecule has 0 N–H and O–H groups in total. The third kappa shape index (κ3) is 12.7. The molecule has 0 atom stereocenters. The number of hydrogen-bond acceptors (Lipinski definition) is 7. The van der Waals surface area contributed by atoms with Gasteiger partial charge in [0.05, 0.1) is 67.3 Å². The molecular weight excluding hydrogens is 1800 g/mol. The van der Waals surface area contributed by atoms with Crippen molar-refractivity contribution in [2.75, 3.05) is 0 Å². The van der Waals surface area contributed by atoms with Crippen molar-refractivity contribution in [2.24, 2.45) is 0 Å². The van der Waals surface area contributed by atoms with Crippen molar-refractivity contribution in [2.45, 2.75) is 65.0 Å². The standard InChI is InChI=1S/C45H35N3Si.C43H31N3Si.C42H29N3SSi/c1-45(2)35-19-11-8-17-33(35)39-36(45)27-26-32-31-16-9-12-20-37(31)48(42(32)39)30-24-22-29(23-25-30)44-46-40(28-14-6-5-7-15-28)43-41(47-44)34-18-10-13-21-38(34)49(43,3)4;1-47(2)37-22-11-9-20-35(37)40-42(47)39(27-13-4-3-5-14-27)44-43(45-40)30-16-12-17-31(26-30)46-36-21-10-8-19-33(36)34-24-23-29-25-28-15-6-7-18-32(28)38(29)41(34)46;1-47(2)36-22-11-8-19-32(36)39-41(47)38(26-13-4-3-5-14-26)43-42(44-39)27-15-12-16-28(25-27)45-33-20-9-6-17-29(33)30-23-24-35-37(40(30)45)31-18-7-10-21-34(31)46-35/h5-27H,1-4H3;3-24,26H,25H2,1-2H3;3-25H,1-2H3. The molecule has 13 heteroatoms. The van der Waals surface area contributed by atoms with Gasteiger partial charge in [0.1, 0.15) is 24.2 Å². The van der Waals surface area contributed by atoms with Crippen molar-refractivity contribution < 1.29 is 0 Å². The Morgan fingerprint density at radius 2 is 0.615 bits per heavy atom. The molecule has 18 aromatic carbocycles. The van der Waals surface area contributed by atoms with Gasteiger partial charge in [0.15, 0.2) is 17.5 Å². The Morgan fingerprint density at radius 3 is 1.12 bits per heavy atom. The first-order chi connectivity index (χ1) is 70.0. The molecule has 25 aromatic rings. The largest absolute Gasteiger partial charge is 0.309 e. The van der Waals surface area contributed by atoms with Gasteiger partial charge in [-0.15, -0.1) is 11.3 Å². The molecule has 2 aliphatic carbocycles. The molecule has 0 fully saturated rings. The summed E-state index contributed by atoms with van der Waals surface area (Å²) in [4.78, 5) is 32.3. The SMILES string of the molecule is CC1(C)c2ccccc2-c2c1ccc1c3ccccc3n(-c3ccc(-c4nc(-c5ccccc5)c5c(n4)-c4ccccc4[Si]5(C)C)cc3)c21.C[Si]1(C)c2ccccc2-c2nc(-c3cccc(-n4c5ccccc5c5ccc6c(c54)-c4ccccc4C6)c3)nc(-c3ccccc3)c21.C[Si]1(C)c2ccccc2-c2nc(-c3cccc(-n4c5ccccc5c5ccc6sc7ccccc7c6c54)c3)nc(-c3ccccc3)c21. The van der Waals surface area contributed by atoms with Crippen molar-refractivity contribution in [1.29, 1.82) is 0 Å². The minimum Gasteiger partial charge on any atom is -0.309 e. The Labute approximate surface area is 836 Å². The maximum absolute atomic E-state index is 5.41. The summed E-state index contributed by atoms with van der Waals surface area (Å²) in [6.45, 7) is 19.3. The summed E-state index contributed by atoms with van der Waals surface area (Å²) >= 11 is 1.87. The number of aromatic nitrogens is 9.